The molecule has 0 bridgehead atoms. The van der Waals surface area contributed by atoms with Crippen molar-refractivity contribution < 1.29 is 5.11 Å². The predicted molar refractivity (Wildman–Crippen MR) is 50.5 cm³/mol. The molecular weight excluding hydrogens is 218 g/mol. The highest BCUT2D eigenvalue weighted by Gasteiger charge is 1.88. The molecule has 0 saturated carbocycles. The Morgan fingerprint density at radius 3 is 3.00 bits per heavy atom. The summed E-state index contributed by atoms with van der Waals surface area (Å²) in [4.78, 5) is 3.95. The fourth-order valence-corrected chi connectivity index (χ4v) is 1.07. The van der Waals surface area contributed by atoms with Crippen molar-refractivity contribution in [1.82, 2.24) is 4.98 Å². The third-order valence-electron chi connectivity index (χ3n) is 1.17. The van der Waals surface area contributed by atoms with Crippen molar-refractivity contribution >= 4 is 15.9 Å². The van der Waals surface area contributed by atoms with Crippen LogP contribution < -0.4 is 0 Å². The van der Waals surface area contributed by atoms with Crippen LogP contribution in [0.3, 0.4) is 0 Å². The Balaban J connectivity index is 2.71. The minimum Gasteiger partial charge on any atom is -0.395 e. The quantitative estimate of drug-likeness (QED) is 0.737. The first-order valence-electron chi connectivity index (χ1n) is 3.53. The van der Waals surface area contributed by atoms with Crippen molar-refractivity contribution in [2.45, 2.75) is 6.42 Å². The molecule has 2 nitrogen and oxygen atoms in total. The molecule has 1 aromatic heterocycles. The molecule has 12 heavy (non-hydrogen) atoms. The van der Waals surface area contributed by atoms with E-state index in [1.165, 1.54) is 0 Å². The van der Waals surface area contributed by atoms with Gasteiger partial charge in [0, 0.05) is 28.9 Å². The first kappa shape index (κ1) is 9.24. The normalized spacial score (nSPS) is 8.83. The third-order valence-corrected chi connectivity index (χ3v) is 1.61. The lowest BCUT2D eigenvalue weighted by molar-refractivity contribution is 0.305. The summed E-state index contributed by atoms with van der Waals surface area (Å²) < 4.78 is 0.915. The molecule has 62 valence electrons. The maximum absolute atomic E-state index is 8.47. The lowest BCUT2D eigenvalue weighted by Crippen LogP contribution is -1.79. The molecule has 0 atom stereocenters. The standard InChI is InChI=1S/C9H8BrNO/c10-9-5-8(6-11-7-9)3-1-2-4-12/h5-7,12H,2,4H2. The number of aromatic nitrogens is 1. The van der Waals surface area contributed by atoms with E-state index in [1.54, 1.807) is 12.4 Å². The number of rotatable bonds is 1. The van der Waals surface area contributed by atoms with Crippen molar-refractivity contribution in [3.63, 3.8) is 0 Å². The zero-order valence-corrected chi connectivity index (χ0v) is 8.00. The third kappa shape index (κ3) is 3.04. The number of halogens is 1. The van der Waals surface area contributed by atoms with Gasteiger partial charge in [-0.2, -0.15) is 0 Å². The van der Waals surface area contributed by atoms with Gasteiger partial charge in [0.2, 0.25) is 0 Å². The average molecular weight is 226 g/mol. The van der Waals surface area contributed by atoms with E-state index in [-0.39, 0.29) is 6.61 Å². The summed E-state index contributed by atoms with van der Waals surface area (Å²) in [5.41, 5.74) is 0.859. The molecule has 1 rings (SSSR count). The Morgan fingerprint density at radius 1 is 1.50 bits per heavy atom. The van der Waals surface area contributed by atoms with Crippen LogP contribution in [0.2, 0.25) is 0 Å². The summed E-state index contributed by atoms with van der Waals surface area (Å²) >= 11 is 3.29. The number of hydrogen-bond donors (Lipinski definition) is 1. The molecule has 0 unspecified atom stereocenters. The molecule has 0 aliphatic carbocycles. The highest BCUT2D eigenvalue weighted by Crippen LogP contribution is 2.08. The Labute approximate surface area is 79.8 Å². The van der Waals surface area contributed by atoms with Gasteiger partial charge in [-0.05, 0) is 22.0 Å². The van der Waals surface area contributed by atoms with Crippen LogP contribution in [0.4, 0.5) is 0 Å². The van der Waals surface area contributed by atoms with Gasteiger partial charge in [0.15, 0.2) is 0 Å². The summed E-state index contributed by atoms with van der Waals surface area (Å²) in [6.45, 7) is 0.106. The summed E-state index contributed by atoms with van der Waals surface area (Å²) in [5.74, 6) is 5.70. The van der Waals surface area contributed by atoms with Crippen molar-refractivity contribution in [1.29, 1.82) is 0 Å². The van der Waals surface area contributed by atoms with Crippen molar-refractivity contribution in [2.24, 2.45) is 0 Å². The molecule has 0 spiro atoms. The van der Waals surface area contributed by atoms with E-state index in [9.17, 15) is 0 Å². The van der Waals surface area contributed by atoms with E-state index >= 15 is 0 Å². The zero-order valence-electron chi connectivity index (χ0n) is 6.42. The Bertz CT molecular complexity index is 314. The molecule has 0 aliphatic heterocycles. The van der Waals surface area contributed by atoms with Crippen molar-refractivity contribution in [2.75, 3.05) is 6.61 Å². The second-order valence-electron chi connectivity index (χ2n) is 2.17. The van der Waals surface area contributed by atoms with Gasteiger partial charge in [0.25, 0.3) is 0 Å². The average Bonchev–Trinajstić information content (AvgIpc) is 2.05. The Kier molecular flexibility index (Phi) is 3.78. The molecule has 3 heteroatoms. The van der Waals surface area contributed by atoms with Crippen LogP contribution in [0.5, 0.6) is 0 Å². The van der Waals surface area contributed by atoms with Gasteiger partial charge in [0.05, 0.1) is 6.61 Å². The fraction of sp³-hybridized carbons (Fsp3) is 0.222. The second kappa shape index (κ2) is 4.91. The van der Waals surface area contributed by atoms with Crippen LogP contribution in [0.1, 0.15) is 12.0 Å². The van der Waals surface area contributed by atoms with E-state index in [0.29, 0.717) is 6.42 Å². The molecule has 0 aliphatic rings. The smallest absolute Gasteiger partial charge is 0.0540 e. The Hall–Kier alpha value is -0.850. The monoisotopic (exact) mass is 225 g/mol. The zero-order chi connectivity index (χ0) is 8.81. The predicted octanol–water partition coefficient (Wildman–Crippen LogP) is 1.58. The fourth-order valence-electron chi connectivity index (χ4n) is 0.701. The lowest BCUT2D eigenvalue weighted by Gasteiger charge is -1.89. The first-order chi connectivity index (χ1) is 5.83. The summed E-state index contributed by atoms with van der Waals surface area (Å²) in [5, 5.41) is 8.47. The molecule has 1 N–H and O–H groups in total. The topological polar surface area (TPSA) is 33.1 Å². The van der Waals surface area contributed by atoms with Crippen LogP contribution >= 0.6 is 15.9 Å². The number of nitrogens with zero attached hydrogens (tertiary/aromatic N) is 1. The van der Waals surface area contributed by atoms with Crippen LogP contribution in [0, 0.1) is 11.8 Å². The molecule has 0 fully saturated rings. The molecular formula is C9H8BrNO. The molecule has 0 amide bonds. The lowest BCUT2D eigenvalue weighted by atomic mass is 10.3. The van der Waals surface area contributed by atoms with Crippen LogP contribution in [0.25, 0.3) is 0 Å². The maximum Gasteiger partial charge on any atom is 0.0540 e. The van der Waals surface area contributed by atoms with E-state index < -0.39 is 0 Å². The van der Waals surface area contributed by atoms with Gasteiger partial charge in [0.1, 0.15) is 0 Å². The van der Waals surface area contributed by atoms with Crippen molar-refractivity contribution in [3.05, 3.63) is 28.5 Å². The van der Waals surface area contributed by atoms with Gasteiger partial charge in [-0.3, -0.25) is 4.98 Å². The van der Waals surface area contributed by atoms with E-state index in [2.05, 4.69) is 32.8 Å². The van der Waals surface area contributed by atoms with Crippen molar-refractivity contribution in [3.8, 4) is 11.8 Å². The number of aliphatic hydroxyl groups excluding tert-OH is 1. The molecule has 1 heterocycles. The minimum absolute atomic E-state index is 0.106. The molecule has 0 radical (unpaired) electrons. The number of hydrogen-bond acceptors (Lipinski definition) is 2. The highest BCUT2D eigenvalue weighted by molar-refractivity contribution is 9.10. The van der Waals surface area contributed by atoms with Gasteiger partial charge < -0.3 is 5.11 Å². The van der Waals surface area contributed by atoms with Crippen LogP contribution in [-0.4, -0.2) is 16.7 Å². The second-order valence-corrected chi connectivity index (χ2v) is 3.08. The number of aliphatic hydroxyl groups is 1. The first-order valence-corrected chi connectivity index (χ1v) is 4.32. The molecule has 1 aromatic rings. The van der Waals surface area contributed by atoms with Gasteiger partial charge in [-0.25, -0.2) is 0 Å². The molecule has 0 saturated heterocycles. The molecule has 0 aromatic carbocycles. The minimum atomic E-state index is 0.106. The van der Waals surface area contributed by atoms with E-state index in [4.69, 9.17) is 5.11 Å². The van der Waals surface area contributed by atoms with Gasteiger partial charge >= 0.3 is 0 Å². The van der Waals surface area contributed by atoms with E-state index in [0.717, 1.165) is 10.0 Å². The summed E-state index contributed by atoms with van der Waals surface area (Å²) in [6.07, 6.45) is 3.90. The summed E-state index contributed by atoms with van der Waals surface area (Å²) in [7, 11) is 0. The summed E-state index contributed by atoms with van der Waals surface area (Å²) in [6, 6.07) is 1.89. The SMILES string of the molecule is OCCC#Cc1cncc(Br)c1. The maximum atomic E-state index is 8.47. The van der Waals surface area contributed by atoms with Crippen LogP contribution in [-0.2, 0) is 0 Å². The van der Waals surface area contributed by atoms with Gasteiger partial charge in [-0.1, -0.05) is 11.8 Å². The van der Waals surface area contributed by atoms with Gasteiger partial charge in [-0.15, -0.1) is 0 Å². The largest absolute Gasteiger partial charge is 0.395 e. The van der Waals surface area contributed by atoms with Crippen LogP contribution in [0.15, 0.2) is 22.9 Å². The number of pyridine rings is 1. The van der Waals surface area contributed by atoms with E-state index in [1.807, 2.05) is 6.07 Å². The highest BCUT2D eigenvalue weighted by atomic mass is 79.9. The Morgan fingerprint density at radius 2 is 2.33 bits per heavy atom.